The largest absolute Gasteiger partial charge is 0.490 e. The number of benzene rings is 1. The van der Waals surface area contributed by atoms with Crippen molar-refractivity contribution in [1.82, 2.24) is 5.32 Å². The third-order valence-corrected chi connectivity index (χ3v) is 3.07. The molecule has 0 bridgehead atoms. The summed E-state index contributed by atoms with van der Waals surface area (Å²) in [7, 11) is 0. The van der Waals surface area contributed by atoms with Crippen LogP contribution >= 0.6 is 0 Å². The Bertz CT molecular complexity index is 494. The summed E-state index contributed by atoms with van der Waals surface area (Å²) in [6.45, 7) is 5.43. The summed E-state index contributed by atoms with van der Waals surface area (Å²) in [4.78, 5) is 11.3. The number of carboxylic acid groups (broad SMARTS) is 1. The summed E-state index contributed by atoms with van der Waals surface area (Å²) in [5, 5.41) is 12.3. The molecule has 118 valence electrons. The van der Waals surface area contributed by atoms with Gasteiger partial charge in [0.15, 0.2) is 11.6 Å². The molecule has 2 N–H and O–H groups in total. The normalized spacial score (nSPS) is 14.0. The van der Waals surface area contributed by atoms with Gasteiger partial charge in [0.2, 0.25) is 5.82 Å². The summed E-state index contributed by atoms with van der Waals surface area (Å²) < 4.78 is 31.5. The third kappa shape index (κ3) is 4.97. The Kier molecular flexibility index (Phi) is 6.08. The summed E-state index contributed by atoms with van der Waals surface area (Å²) in [5.41, 5.74) is -1.07. The highest BCUT2D eigenvalue weighted by molar-refractivity contribution is 5.78. The van der Waals surface area contributed by atoms with Crippen molar-refractivity contribution in [2.24, 2.45) is 0 Å². The second-order valence-electron chi connectivity index (χ2n) is 5.44. The van der Waals surface area contributed by atoms with Gasteiger partial charge < -0.3 is 9.84 Å². The van der Waals surface area contributed by atoms with E-state index in [9.17, 15) is 18.7 Å². The Morgan fingerprint density at radius 1 is 1.43 bits per heavy atom. The number of ether oxygens (including phenoxy) is 1. The monoisotopic (exact) mass is 301 g/mol. The zero-order valence-electron chi connectivity index (χ0n) is 12.5. The molecule has 0 aliphatic heterocycles. The highest BCUT2D eigenvalue weighted by Gasteiger charge is 2.32. The summed E-state index contributed by atoms with van der Waals surface area (Å²) in [6.07, 6.45) is 0.718. The number of nitrogens with one attached hydrogen (secondary N) is 1. The molecule has 1 unspecified atom stereocenters. The van der Waals surface area contributed by atoms with Crippen molar-refractivity contribution in [3.05, 3.63) is 29.8 Å². The van der Waals surface area contributed by atoms with Gasteiger partial charge in [-0.2, -0.15) is 4.39 Å². The van der Waals surface area contributed by atoms with Gasteiger partial charge >= 0.3 is 5.97 Å². The fourth-order valence-corrected chi connectivity index (χ4v) is 2.08. The minimum absolute atomic E-state index is 0.0210. The fourth-order valence-electron chi connectivity index (χ4n) is 2.08. The highest BCUT2D eigenvalue weighted by atomic mass is 19.2. The first-order valence-electron chi connectivity index (χ1n) is 6.84. The first-order chi connectivity index (χ1) is 9.76. The van der Waals surface area contributed by atoms with Gasteiger partial charge in [0.05, 0.1) is 6.61 Å². The van der Waals surface area contributed by atoms with Crippen LogP contribution in [0.5, 0.6) is 5.75 Å². The average molecular weight is 301 g/mol. The van der Waals surface area contributed by atoms with E-state index in [2.05, 4.69) is 5.32 Å². The predicted octanol–water partition coefficient (Wildman–Crippen LogP) is 2.97. The van der Waals surface area contributed by atoms with E-state index < -0.39 is 23.1 Å². The van der Waals surface area contributed by atoms with Gasteiger partial charge in [-0.25, -0.2) is 4.39 Å². The van der Waals surface area contributed by atoms with E-state index >= 15 is 0 Å². The second kappa shape index (κ2) is 7.36. The lowest BCUT2D eigenvalue weighted by Gasteiger charge is -2.28. The Labute approximate surface area is 123 Å². The van der Waals surface area contributed by atoms with Crippen LogP contribution in [0.4, 0.5) is 8.78 Å². The third-order valence-electron chi connectivity index (χ3n) is 3.07. The summed E-state index contributed by atoms with van der Waals surface area (Å²) in [5.74, 6) is -3.11. The number of carbonyl (C=O) groups is 1. The molecule has 0 aliphatic rings. The van der Waals surface area contributed by atoms with Crippen LogP contribution in [0.25, 0.3) is 0 Å². The van der Waals surface area contributed by atoms with Gasteiger partial charge in [0.25, 0.3) is 0 Å². The van der Waals surface area contributed by atoms with E-state index in [0.29, 0.717) is 12.8 Å². The van der Waals surface area contributed by atoms with Crippen LogP contribution in [-0.4, -0.2) is 29.3 Å². The van der Waals surface area contributed by atoms with Gasteiger partial charge in [-0.05, 0) is 45.7 Å². The second-order valence-corrected chi connectivity index (χ2v) is 5.44. The van der Waals surface area contributed by atoms with E-state index in [4.69, 9.17) is 4.74 Å². The van der Waals surface area contributed by atoms with Gasteiger partial charge in [-0.3, -0.25) is 10.1 Å². The van der Waals surface area contributed by atoms with E-state index in [1.54, 1.807) is 6.92 Å². The molecule has 6 heteroatoms. The molecule has 0 spiro atoms. The minimum Gasteiger partial charge on any atom is -0.490 e. The van der Waals surface area contributed by atoms with Crippen LogP contribution in [-0.2, 0) is 4.79 Å². The van der Waals surface area contributed by atoms with Crippen molar-refractivity contribution in [3.63, 3.8) is 0 Å². The van der Waals surface area contributed by atoms with Gasteiger partial charge in [-0.15, -0.1) is 0 Å². The SMILES string of the molecule is CC(C)NC(C)(CCCOc1cccc(F)c1F)C(=O)O. The van der Waals surface area contributed by atoms with E-state index in [1.807, 2.05) is 13.8 Å². The maximum Gasteiger partial charge on any atom is 0.323 e. The van der Waals surface area contributed by atoms with Crippen molar-refractivity contribution in [2.45, 2.75) is 45.2 Å². The molecule has 21 heavy (non-hydrogen) atoms. The molecule has 0 aliphatic carbocycles. The summed E-state index contributed by atoms with van der Waals surface area (Å²) >= 11 is 0. The number of halogens is 2. The number of hydrogen-bond donors (Lipinski definition) is 2. The Hall–Kier alpha value is -1.69. The molecule has 1 rings (SSSR count). The first-order valence-corrected chi connectivity index (χ1v) is 6.84. The topological polar surface area (TPSA) is 58.6 Å². The maximum absolute atomic E-state index is 13.4. The number of aliphatic carboxylic acids is 1. The van der Waals surface area contributed by atoms with E-state index in [-0.39, 0.29) is 18.4 Å². The Morgan fingerprint density at radius 3 is 2.67 bits per heavy atom. The quantitative estimate of drug-likeness (QED) is 0.725. The molecular weight excluding hydrogens is 280 g/mol. The number of hydrogen-bond acceptors (Lipinski definition) is 3. The number of carboxylic acids is 1. The molecule has 1 aromatic rings. The molecule has 0 fully saturated rings. The van der Waals surface area contributed by atoms with Crippen LogP contribution < -0.4 is 10.1 Å². The molecule has 0 saturated carbocycles. The average Bonchev–Trinajstić information content (AvgIpc) is 2.38. The fraction of sp³-hybridized carbons (Fsp3) is 0.533. The molecule has 1 aromatic carbocycles. The molecule has 4 nitrogen and oxygen atoms in total. The highest BCUT2D eigenvalue weighted by Crippen LogP contribution is 2.20. The molecule has 0 radical (unpaired) electrons. The van der Waals surface area contributed by atoms with Gasteiger partial charge in [-0.1, -0.05) is 6.07 Å². The molecule has 0 saturated heterocycles. The Balaban J connectivity index is 2.52. The lowest BCUT2D eigenvalue weighted by Crippen LogP contribution is -2.52. The van der Waals surface area contributed by atoms with Crippen molar-refractivity contribution in [2.75, 3.05) is 6.61 Å². The molecular formula is C15H21F2NO3. The predicted molar refractivity (Wildman–Crippen MR) is 75.4 cm³/mol. The Morgan fingerprint density at radius 2 is 2.10 bits per heavy atom. The molecule has 1 atom stereocenters. The number of rotatable bonds is 8. The smallest absolute Gasteiger partial charge is 0.323 e. The van der Waals surface area contributed by atoms with Crippen molar-refractivity contribution in [1.29, 1.82) is 0 Å². The zero-order valence-corrected chi connectivity index (χ0v) is 12.5. The zero-order chi connectivity index (χ0) is 16.0. The van der Waals surface area contributed by atoms with Gasteiger partial charge in [0, 0.05) is 6.04 Å². The molecule has 0 aromatic heterocycles. The molecule has 0 heterocycles. The standard InChI is InChI=1S/C15H21F2NO3/c1-10(2)18-15(3,14(19)20)8-5-9-21-12-7-4-6-11(16)13(12)17/h4,6-7,10,18H,5,8-9H2,1-3H3,(H,19,20). The van der Waals surface area contributed by atoms with E-state index in [0.717, 1.165) is 6.07 Å². The van der Waals surface area contributed by atoms with Crippen LogP contribution in [0.2, 0.25) is 0 Å². The lowest BCUT2D eigenvalue weighted by molar-refractivity contribution is -0.144. The van der Waals surface area contributed by atoms with Crippen LogP contribution in [0.15, 0.2) is 18.2 Å². The first kappa shape index (κ1) is 17.4. The maximum atomic E-state index is 13.4. The van der Waals surface area contributed by atoms with Crippen LogP contribution in [0.3, 0.4) is 0 Å². The van der Waals surface area contributed by atoms with Crippen LogP contribution in [0.1, 0.15) is 33.6 Å². The lowest BCUT2D eigenvalue weighted by atomic mass is 9.95. The van der Waals surface area contributed by atoms with Crippen LogP contribution in [0, 0.1) is 11.6 Å². The molecule has 0 amide bonds. The minimum atomic E-state index is -1.07. The van der Waals surface area contributed by atoms with Crippen molar-refractivity contribution >= 4 is 5.97 Å². The van der Waals surface area contributed by atoms with E-state index in [1.165, 1.54) is 12.1 Å². The van der Waals surface area contributed by atoms with Crippen molar-refractivity contribution < 1.29 is 23.4 Å². The summed E-state index contributed by atoms with van der Waals surface area (Å²) in [6, 6.07) is 3.72. The van der Waals surface area contributed by atoms with Crippen molar-refractivity contribution in [3.8, 4) is 5.75 Å². The van der Waals surface area contributed by atoms with Gasteiger partial charge in [0.1, 0.15) is 5.54 Å².